The largest absolute Gasteiger partial charge is 1.00 e. The molecule has 0 bridgehead atoms. The summed E-state index contributed by atoms with van der Waals surface area (Å²) in [6.45, 7) is -0.459. The van der Waals surface area contributed by atoms with Crippen LogP contribution in [0.3, 0.4) is 0 Å². The molecule has 0 atom stereocenters. The molecule has 0 heterocycles. The van der Waals surface area contributed by atoms with Gasteiger partial charge in [-0.2, -0.15) is 8.42 Å². The van der Waals surface area contributed by atoms with Crippen LogP contribution in [0.1, 0.15) is 1.43 Å². The molecule has 0 saturated heterocycles. The van der Waals surface area contributed by atoms with Crippen LogP contribution in [-0.2, 0) is 19.3 Å². The van der Waals surface area contributed by atoms with Gasteiger partial charge in [0.2, 0.25) is 0 Å². The van der Waals surface area contributed by atoms with Crippen LogP contribution in [0.4, 0.5) is 0 Å². The maximum atomic E-state index is 9.64. The third-order valence-corrected chi connectivity index (χ3v) is 0.709. The van der Waals surface area contributed by atoms with Crippen LogP contribution in [0.15, 0.2) is 0 Å². The summed E-state index contributed by atoms with van der Waals surface area (Å²) in [6.07, 6.45) is 0. The van der Waals surface area contributed by atoms with Gasteiger partial charge in [-0.25, -0.2) is 4.18 Å². The number of ether oxygens (including phenoxy) is 1. The van der Waals surface area contributed by atoms with Gasteiger partial charge >= 0.3 is 29.3 Å². The molecule has 0 aromatic rings. The minimum atomic E-state index is -4.31. The predicted octanol–water partition coefficient (Wildman–Crippen LogP) is -3.47. The van der Waals surface area contributed by atoms with E-state index in [9.17, 15) is 8.42 Å². The Labute approximate surface area is 67.0 Å². The van der Waals surface area contributed by atoms with Gasteiger partial charge in [0.05, 0.1) is 0 Å². The van der Waals surface area contributed by atoms with E-state index >= 15 is 0 Å². The van der Waals surface area contributed by atoms with Crippen LogP contribution in [0.5, 0.6) is 0 Å². The molecule has 0 aliphatic carbocycles. The summed E-state index contributed by atoms with van der Waals surface area (Å²) in [7, 11) is -3.07. The van der Waals surface area contributed by atoms with Crippen molar-refractivity contribution in [3.8, 4) is 0 Å². The molecule has 0 saturated carbocycles. The third kappa shape index (κ3) is 11.8. The number of hydrogen-bond acceptors (Lipinski definition) is 4. The van der Waals surface area contributed by atoms with Gasteiger partial charge in [0.25, 0.3) is 0 Å². The van der Waals surface area contributed by atoms with E-state index in [1.165, 1.54) is 7.11 Å². The Hall–Kier alpha value is 0.427. The molecule has 9 heavy (non-hydrogen) atoms. The molecule has 0 fully saturated rings. The second-order valence-electron chi connectivity index (χ2n) is 0.952. The molecule has 7 heteroatoms. The maximum Gasteiger partial charge on any atom is 1.00 e. The summed E-state index contributed by atoms with van der Waals surface area (Å²) in [6, 6.07) is 0. The summed E-state index contributed by atoms with van der Waals surface area (Å²) in [5, 5.41) is 0. The topological polar surface area (TPSA) is 72.8 Å². The number of methoxy groups -OCH3 is 1. The Kier molecular flexibility index (Phi) is 7.05. The first kappa shape index (κ1) is 12.1. The molecule has 5 nitrogen and oxygen atoms in total. The molecular formula is C2H7LiO5S. The third-order valence-electron chi connectivity index (χ3n) is 0.315. The smallest absolute Gasteiger partial charge is 1.00 e. The maximum absolute atomic E-state index is 9.64. The molecule has 0 amide bonds. The van der Waals surface area contributed by atoms with Crippen molar-refractivity contribution in [2.45, 2.75) is 0 Å². The first-order valence-electron chi connectivity index (χ1n) is 1.67. The van der Waals surface area contributed by atoms with Gasteiger partial charge in [0.15, 0.2) is 6.79 Å². The average Bonchev–Trinajstić information content (AvgIpc) is 1.59. The van der Waals surface area contributed by atoms with Crippen molar-refractivity contribution in [2.75, 3.05) is 13.9 Å². The fraction of sp³-hybridized carbons (Fsp3) is 1.00. The summed E-state index contributed by atoms with van der Waals surface area (Å²) < 4.78 is 34.9. The van der Waals surface area contributed by atoms with E-state index in [2.05, 4.69) is 8.92 Å². The van der Waals surface area contributed by atoms with E-state index in [1.807, 2.05) is 0 Å². The van der Waals surface area contributed by atoms with Gasteiger partial charge in [0, 0.05) is 7.11 Å². The minimum absolute atomic E-state index is 0. The Morgan fingerprint density at radius 3 is 2.22 bits per heavy atom. The predicted molar refractivity (Wildman–Crippen MR) is 25.6 cm³/mol. The van der Waals surface area contributed by atoms with E-state index in [4.69, 9.17) is 4.55 Å². The zero-order valence-electron chi connectivity index (χ0n) is 6.20. The molecule has 1 N–H and O–H groups in total. The molecular weight excluding hydrogens is 143 g/mol. The normalized spacial score (nSPS) is 10.4. The first-order chi connectivity index (χ1) is 3.56. The van der Waals surface area contributed by atoms with Crippen LogP contribution >= 0.6 is 0 Å². The van der Waals surface area contributed by atoms with E-state index < -0.39 is 17.2 Å². The van der Waals surface area contributed by atoms with Gasteiger partial charge in [-0.15, -0.1) is 0 Å². The zero-order valence-corrected chi connectivity index (χ0v) is 6.01. The number of hydrogen-bond donors (Lipinski definition) is 1. The van der Waals surface area contributed by atoms with Gasteiger partial charge in [-0.3, -0.25) is 4.55 Å². The second-order valence-corrected chi connectivity index (χ2v) is 2.04. The average molecular weight is 150 g/mol. The summed E-state index contributed by atoms with van der Waals surface area (Å²) in [4.78, 5) is 0. The quantitative estimate of drug-likeness (QED) is 0.257. The van der Waals surface area contributed by atoms with Crippen LogP contribution in [0, 0.1) is 0 Å². The van der Waals surface area contributed by atoms with E-state index in [-0.39, 0.29) is 20.3 Å². The van der Waals surface area contributed by atoms with Crippen molar-refractivity contribution in [3.63, 3.8) is 0 Å². The van der Waals surface area contributed by atoms with Crippen LogP contribution < -0.4 is 18.9 Å². The van der Waals surface area contributed by atoms with Crippen molar-refractivity contribution in [1.29, 1.82) is 0 Å². The minimum Gasteiger partial charge on any atom is -1.00 e. The van der Waals surface area contributed by atoms with Crippen molar-refractivity contribution in [1.82, 2.24) is 0 Å². The molecule has 52 valence electrons. The summed E-state index contributed by atoms with van der Waals surface area (Å²) in [5.74, 6) is 0. The van der Waals surface area contributed by atoms with Crippen molar-refractivity contribution in [2.24, 2.45) is 0 Å². The fourth-order valence-electron chi connectivity index (χ4n) is 0.109. The first-order valence-corrected chi connectivity index (χ1v) is 3.03. The molecule has 0 rings (SSSR count). The Bertz CT molecular complexity index is 144. The molecule has 0 aromatic carbocycles. The molecule has 0 radical (unpaired) electrons. The van der Waals surface area contributed by atoms with Gasteiger partial charge in [-0.05, 0) is 0 Å². The van der Waals surface area contributed by atoms with Gasteiger partial charge in [-0.1, -0.05) is 0 Å². The standard InChI is InChI=1S/C2H6O5S.Li.H/c1-6-2-7-8(3,4)5;;/h2H2,1H3,(H,3,4,5);;/q;+1;-1. The van der Waals surface area contributed by atoms with Gasteiger partial charge < -0.3 is 6.16 Å². The summed E-state index contributed by atoms with van der Waals surface area (Å²) in [5.41, 5.74) is 0. The molecule has 0 aliphatic heterocycles. The van der Waals surface area contributed by atoms with E-state index in [0.29, 0.717) is 0 Å². The van der Waals surface area contributed by atoms with Crippen molar-refractivity contribution >= 4 is 10.4 Å². The van der Waals surface area contributed by atoms with E-state index in [0.717, 1.165) is 0 Å². The zero-order chi connectivity index (χ0) is 6.62. The van der Waals surface area contributed by atoms with Crippen LogP contribution in [0.25, 0.3) is 0 Å². The molecule has 0 spiro atoms. The monoisotopic (exact) mass is 150 g/mol. The van der Waals surface area contributed by atoms with E-state index in [1.54, 1.807) is 0 Å². The molecule has 0 unspecified atom stereocenters. The Morgan fingerprint density at radius 2 is 2.11 bits per heavy atom. The van der Waals surface area contributed by atoms with Crippen molar-refractivity contribution < 1.29 is 42.2 Å². The van der Waals surface area contributed by atoms with Crippen LogP contribution in [-0.4, -0.2) is 26.9 Å². The Balaban J connectivity index is -0.000000245. The van der Waals surface area contributed by atoms with Crippen molar-refractivity contribution in [3.05, 3.63) is 0 Å². The summed E-state index contributed by atoms with van der Waals surface area (Å²) >= 11 is 0. The second kappa shape index (κ2) is 5.23. The van der Waals surface area contributed by atoms with Gasteiger partial charge in [0.1, 0.15) is 0 Å². The number of rotatable bonds is 3. The molecule has 0 aliphatic rings. The fourth-order valence-corrected chi connectivity index (χ4v) is 0.327. The SMILES string of the molecule is COCOS(=O)(=O)O.[H-].[Li+]. The van der Waals surface area contributed by atoms with Crippen LogP contribution in [0.2, 0.25) is 0 Å². The molecule has 0 aromatic heterocycles. The Morgan fingerprint density at radius 1 is 1.67 bits per heavy atom.